The first-order valence-corrected chi connectivity index (χ1v) is 22.3. The van der Waals surface area contributed by atoms with Crippen molar-refractivity contribution >= 4 is 53.0 Å². The molecule has 6 atom stereocenters. The van der Waals surface area contributed by atoms with Gasteiger partial charge < -0.3 is 57.9 Å². The highest BCUT2D eigenvalue weighted by molar-refractivity contribution is 6.30. The quantitative estimate of drug-likeness (QED) is 0.0825. The molecule has 0 unspecified atom stereocenters. The average Bonchev–Trinajstić information content (AvgIpc) is 3.66. The van der Waals surface area contributed by atoms with Crippen molar-refractivity contribution < 1.29 is 48.9 Å². The number of unbranched alkanes of at least 4 members (excludes halogenated alkanes) is 1. The zero-order valence-corrected chi connectivity index (χ0v) is 37.8. The Bertz CT molecular complexity index is 2510. The third-order valence-corrected chi connectivity index (χ3v) is 12.3. The van der Waals surface area contributed by atoms with Crippen molar-refractivity contribution in [1.82, 2.24) is 31.1 Å². The molecule has 7 amide bonds. The van der Waals surface area contributed by atoms with Gasteiger partial charge in [-0.2, -0.15) is 0 Å². The zero-order chi connectivity index (χ0) is 48.5. The lowest BCUT2D eigenvalue weighted by Gasteiger charge is -2.32. The second kappa shape index (κ2) is 22.0. The third-order valence-electron chi connectivity index (χ3n) is 12.0. The van der Waals surface area contributed by atoms with Crippen molar-refractivity contribution in [2.75, 3.05) is 26.7 Å². The maximum Gasteiger partial charge on any atom is 0.251 e. The number of aliphatic hydroxyl groups is 1. The second-order valence-corrected chi connectivity index (χ2v) is 17.2. The summed E-state index contributed by atoms with van der Waals surface area (Å²) >= 11 is 6.05. The number of benzene rings is 4. The Kier molecular flexibility index (Phi) is 16.2. The first-order chi connectivity index (χ1) is 31.9. The van der Waals surface area contributed by atoms with Gasteiger partial charge in [-0.3, -0.25) is 33.6 Å². The Balaban J connectivity index is 1.28. The number of fused-ring (bicyclic) bond motifs is 5. The van der Waals surface area contributed by atoms with Crippen LogP contribution in [0.25, 0.3) is 22.3 Å². The number of aliphatic hydroxyl groups excluding tert-OH is 1. The standard InChI is InChI=1S/C48H55ClN8O10/c1-26-44(63)55-36(46(65)52-25-42(62)57-20-18-40(60)37(57)24-41(51)61)22-27-6-16-38(58)33(21-27)34-23-31(13-17-39(34)59)43(47(66)53-26)56(2)48(67)35(5-3-4-19-50)54-45(64)30-9-7-28(8-10-30)29-11-14-32(49)15-12-29/h6-17,21,23,26,35-37,40,43,58-60H,3-5,18-20,22,24-25,50H2,1-2H3,(H2,51,61)(H,52,65)(H,53,66)(H,54,64)(H,55,63)/t26-,35-,36-,37+,40-,43-/m0/s1. The predicted octanol–water partition coefficient (Wildman–Crippen LogP) is 2.01. The monoisotopic (exact) mass is 938 g/mol. The van der Waals surface area contributed by atoms with E-state index >= 15 is 0 Å². The second-order valence-electron chi connectivity index (χ2n) is 16.8. The maximum absolute atomic E-state index is 14.6. The van der Waals surface area contributed by atoms with Crippen molar-refractivity contribution in [3.63, 3.8) is 0 Å². The molecule has 19 heteroatoms. The number of phenolic OH excluding ortho intramolecular Hbond substituents is 2. The SMILES string of the molecule is C[C@@H]1NC(=O)[C@@H](N(C)C(=O)[C@H](CCCCN)NC(=O)c2ccc(-c3ccc(Cl)cc3)cc2)c2ccc(O)c(c2)-c2cc(ccc2O)C[C@@H](C(=O)NCC(=O)N2CC[C@H](O)[C@H]2CC(N)=O)NC1=O. The molecule has 0 saturated carbocycles. The van der Waals surface area contributed by atoms with Crippen LogP contribution in [0, 0.1) is 0 Å². The van der Waals surface area contributed by atoms with Crippen LogP contribution in [0.5, 0.6) is 11.5 Å². The van der Waals surface area contributed by atoms with Crippen LogP contribution >= 0.6 is 11.6 Å². The molecule has 11 N–H and O–H groups in total. The Hall–Kier alpha value is -7.02. The first kappa shape index (κ1) is 49.4. The van der Waals surface area contributed by atoms with Gasteiger partial charge in [0.1, 0.15) is 35.7 Å². The van der Waals surface area contributed by atoms with E-state index in [9.17, 15) is 48.9 Å². The summed E-state index contributed by atoms with van der Waals surface area (Å²) in [5.74, 6) is -5.50. The van der Waals surface area contributed by atoms with Gasteiger partial charge in [-0.15, -0.1) is 0 Å². The van der Waals surface area contributed by atoms with Crippen LogP contribution in [0.2, 0.25) is 5.02 Å². The Labute approximate surface area is 392 Å². The number of rotatable bonds is 14. The number of amides is 7. The van der Waals surface area contributed by atoms with Crippen LogP contribution in [0.15, 0.2) is 84.9 Å². The minimum absolute atomic E-state index is 0.0735. The van der Waals surface area contributed by atoms with Gasteiger partial charge in [-0.1, -0.05) is 48.0 Å². The summed E-state index contributed by atoms with van der Waals surface area (Å²) in [4.78, 5) is 97.7. The largest absolute Gasteiger partial charge is 0.507 e. The molecule has 18 nitrogen and oxygen atoms in total. The average molecular weight is 939 g/mol. The number of likely N-dealkylation sites (tertiary alicyclic amines) is 1. The minimum Gasteiger partial charge on any atom is -0.507 e. The smallest absolute Gasteiger partial charge is 0.251 e. The number of aromatic hydroxyl groups is 2. The molecule has 2 aliphatic heterocycles. The molecule has 354 valence electrons. The zero-order valence-electron chi connectivity index (χ0n) is 37.0. The molecular weight excluding hydrogens is 884 g/mol. The van der Waals surface area contributed by atoms with Crippen molar-refractivity contribution in [3.8, 4) is 33.8 Å². The number of nitrogens with one attached hydrogen (secondary N) is 4. The summed E-state index contributed by atoms with van der Waals surface area (Å²) in [5, 5.41) is 43.9. The van der Waals surface area contributed by atoms with Crippen molar-refractivity contribution in [2.24, 2.45) is 11.5 Å². The highest BCUT2D eigenvalue weighted by Crippen LogP contribution is 2.39. The van der Waals surface area contributed by atoms with E-state index in [0.717, 1.165) is 16.0 Å². The van der Waals surface area contributed by atoms with E-state index in [4.69, 9.17) is 23.1 Å². The molecule has 4 aromatic carbocycles. The molecule has 6 rings (SSSR count). The fraction of sp³-hybridized carbons (Fsp3) is 0.354. The first-order valence-electron chi connectivity index (χ1n) is 21.9. The van der Waals surface area contributed by atoms with Gasteiger partial charge >= 0.3 is 0 Å². The number of nitrogens with two attached hydrogens (primary N) is 2. The Morgan fingerprint density at radius 2 is 1.52 bits per heavy atom. The Morgan fingerprint density at radius 3 is 2.18 bits per heavy atom. The van der Waals surface area contributed by atoms with Crippen LogP contribution in [0.3, 0.4) is 0 Å². The fourth-order valence-electron chi connectivity index (χ4n) is 8.32. The van der Waals surface area contributed by atoms with Gasteiger partial charge in [0, 0.05) is 48.1 Å². The van der Waals surface area contributed by atoms with Gasteiger partial charge in [-0.25, -0.2) is 0 Å². The van der Waals surface area contributed by atoms with Gasteiger partial charge in [0.05, 0.1) is 18.7 Å². The number of carbonyl (C=O) groups is 7. The predicted molar refractivity (Wildman–Crippen MR) is 248 cm³/mol. The number of nitrogens with zero attached hydrogens (tertiary/aromatic N) is 2. The van der Waals surface area contributed by atoms with Crippen LogP contribution in [-0.4, -0.2) is 123 Å². The number of primary amides is 1. The summed E-state index contributed by atoms with van der Waals surface area (Å²) in [7, 11) is 1.37. The van der Waals surface area contributed by atoms with E-state index in [1.165, 1.54) is 55.3 Å². The van der Waals surface area contributed by atoms with Crippen molar-refractivity contribution in [3.05, 3.63) is 107 Å². The molecule has 4 bridgehead atoms. The molecule has 1 fully saturated rings. The molecule has 2 aliphatic rings. The summed E-state index contributed by atoms with van der Waals surface area (Å²) in [5.41, 5.74) is 13.9. The number of phenols is 2. The van der Waals surface area contributed by atoms with Crippen LogP contribution in [-0.2, 0) is 35.2 Å². The highest BCUT2D eigenvalue weighted by atomic mass is 35.5. The molecule has 67 heavy (non-hydrogen) atoms. The summed E-state index contributed by atoms with van der Waals surface area (Å²) in [6, 6.07) is 16.4. The van der Waals surface area contributed by atoms with E-state index in [-0.39, 0.29) is 66.0 Å². The third kappa shape index (κ3) is 12.1. The summed E-state index contributed by atoms with van der Waals surface area (Å²) < 4.78 is 0. The van der Waals surface area contributed by atoms with Gasteiger partial charge in [0.2, 0.25) is 35.4 Å². The number of hydrogen-bond acceptors (Lipinski definition) is 11. The number of halogens is 1. The molecule has 2 heterocycles. The lowest BCUT2D eigenvalue weighted by atomic mass is 9.93. The fourth-order valence-corrected chi connectivity index (χ4v) is 8.45. The molecule has 0 spiro atoms. The molecule has 0 aromatic heterocycles. The maximum atomic E-state index is 14.6. The van der Waals surface area contributed by atoms with Crippen LogP contribution in [0.1, 0.15) is 66.6 Å². The van der Waals surface area contributed by atoms with E-state index in [1.807, 2.05) is 12.1 Å². The van der Waals surface area contributed by atoms with Gasteiger partial charge in [0.25, 0.3) is 5.91 Å². The van der Waals surface area contributed by atoms with E-state index in [2.05, 4.69) is 21.3 Å². The van der Waals surface area contributed by atoms with Gasteiger partial charge in [0.15, 0.2) is 0 Å². The lowest BCUT2D eigenvalue weighted by Crippen LogP contribution is -2.56. The minimum atomic E-state index is -1.48. The number of hydrogen-bond donors (Lipinski definition) is 9. The summed E-state index contributed by atoms with van der Waals surface area (Å²) in [6.45, 7) is 1.28. The van der Waals surface area contributed by atoms with Gasteiger partial charge in [-0.05, 0) is 110 Å². The van der Waals surface area contributed by atoms with Crippen molar-refractivity contribution in [2.45, 2.75) is 81.8 Å². The molecule has 4 aromatic rings. The number of carbonyl (C=O) groups excluding carboxylic acids is 7. The van der Waals surface area contributed by atoms with E-state index in [0.29, 0.717) is 30.0 Å². The molecule has 0 radical (unpaired) electrons. The molecule has 1 saturated heterocycles. The van der Waals surface area contributed by atoms with Crippen molar-refractivity contribution in [1.29, 1.82) is 0 Å². The molecule has 0 aliphatic carbocycles. The normalized spacial score (nSPS) is 19.8. The van der Waals surface area contributed by atoms with Crippen LogP contribution in [0.4, 0.5) is 0 Å². The highest BCUT2D eigenvalue weighted by Gasteiger charge is 2.38. The van der Waals surface area contributed by atoms with Crippen LogP contribution < -0.4 is 32.7 Å². The summed E-state index contributed by atoms with van der Waals surface area (Å²) in [6.07, 6.45) is -0.0746. The lowest BCUT2D eigenvalue weighted by molar-refractivity contribution is -0.141. The Morgan fingerprint density at radius 1 is 0.881 bits per heavy atom. The molecular formula is C48H55ClN8O10. The topological polar surface area (TPSA) is 287 Å². The number of likely N-dealkylation sites (N-methyl/N-ethyl adjacent to an activating group) is 1. The van der Waals surface area contributed by atoms with E-state index < -0.39 is 84.2 Å². The van der Waals surface area contributed by atoms with E-state index in [1.54, 1.807) is 36.4 Å².